The average molecular weight is 287 g/mol. The van der Waals surface area contributed by atoms with Gasteiger partial charge in [-0.2, -0.15) is 0 Å². The summed E-state index contributed by atoms with van der Waals surface area (Å²) in [4.78, 5) is 12.5. The van der Waals surface area contributed by atoms with Crippen LogP contribution in [0.25, 0.3) is 0 Å². The van der Waals surface area contributed by atoms with Gasteiger partial charge in [0, 0.05) is 0 Å². The maximum absolute atomic E-state index is 11.7. The normalized spacial score (nSPS) is 13.0. The minimum atomic E-state index is -0.0300. The summed E-state index contributed by atoms with van der Waals surface area (Å²) in [5.41, 5.74) is 2.86. The summed E-state index contributed by atoms with van der Waals surface area (Å²) in [6, 6.07) is 10.00. The van der Waals surface area contributed by atoms with E-state index in [0.717, 1.165) is 17.0 Å². The van der Waals surface area contributed by atoms with Crippen LogP contribution >= 0.6 is 11.3 Å². The SMILES string of the molecule is O=C(NCCOc1ccc2c(c1)CCC2)c1cccs1. The summed E-state index contributed by atoms with van der Waals surface area (Å²) >= 11 is 1.45. The molecular formula is C16H17NO2S. The molecule has 1 aromatic carbocycles. The van der Waals surface area contributed by atoms with E-state index in [1.54, 1.807) is 0 Å². The topological polar surface area (TPSA) is 38.3 Å². The number of benzene rings is 1. The van der Waals surface area contributed by atoms with Gasteiger partial charge in [0.05, 0.1) is 11.4 Å². The Bertz CT molecular complexity index is 593. The van der Waals surface area contributed by atoms with Crippen molar-refractivity contribution in [3.05, 3.63) is 51.7 Å². The minimum absolute atomic E-state index is 0.0300. The Kier molecular flexibility index (Phi) is 4.02. The maximum atomic E-state index is 11.7. The van der Waals surface area contributed by atoms with Crippen molar-refractivity contribution in [3.63, 3.8) is 0 Å². The number of rotatable bonds is 5. The smallest absolute Gasteiger partial charge is 0.261 e. The molecule has 1 aromatic heterocycles. The monoisotopic (exact) mass is 287 g/mol. The fourth-order valence-electron chi connectivity index (χ4n) is 2.47. The molecule has 0 spiro atoms. The number of ether oxygens (including phenoxy) is 1. The van der Waals surface area contributed by atoms with E-state index in [0.29, 0.717) is 13.2 Å². The van der Waals surface area contributed by atoms with E-state index in [1.807, 2.05) is 23.6 Å². The first-order chi connectivity index (χ1) is 9.83. The molecule has 2 aromatic rings. The van der Waals surface area contributed by atoms with E-state index in [4.69, 9.17) is 4.74 Å². The molecule has 0 aliphatic heterocycles. The van der Waals surface area contributed by atoms with E-state index in [1.165, 1.54) is 35.3 Å². The third-order valence-electron chi connectivity index (χ3n) is 3.47. The molecule has 1 heterocycles. The zero-order valence-electron chi connectivity index (χ0n) is 11.2. The minimum Gasteiger partial charge on any atom is -0.492 e. The number of carbonyl (C=O) groups excluding carboxylic acids is 1. The molecule has 3 nitrogen and oxygen atoms in total. The first kappa shape index (κ1) is 13.2. The van der Waals surface area contributed by atoms with E-state index < -0.39 is 0 Å². The van der Waals surface area contributed by atoms with Crippen LogP contribution in [0.2, 0.25) is 0 Å². The lowest BCUT2D eigenvalue weighted by Crippen LogP contribution is -2.27. The Morgan fingerprint density at radius 1 is 1.25 bits per heavy atom. The van der Waals surface area contributed by atoms with Crippen LogP contribution in [0.4, 0.5) is 0 Å². The molecule has 20 heavy (non-hydrogen) atoms. The Hall–Kier alpha value is -1.81. The summed E-state index contributed by atoms with van der Waals surface area (Å²) in [6.45, 7) is 1.02. The fourth-order valence-corrected chi connectivity index (χ4v) is 3.11. The van der Waals surface area contributed by atoms with Gasteiger partial charge in [0.25, 0.3) is 5.91 Å². The summed E-state index contributed by atoms with van der Waals surface area (Å²) in [5.74, 6) is 0.869. The second-order valence-electron chi connectivity index (χ2n) is 4.87. The molecule has 0 fully saturated rings. The van der Waals surface area contributed by atoms with Crippen molar-refractivity contribution < 1.29 is 9.53 Å². The van der Waals surface area contributed by atoms with Crippen LogP contribution < -0.4 is 10.1 Å². The lowest BCUT2D eigenvalue weighted by atomic mass is 10.1. The zero-order chi connectivity index (χ0) is 13.8. The molecule has 0 saturated carbocycles. The lowest BCUT2D eigenvalue weighted by molar-refractivity contribution is 0.0951. The van der Waals surface area contributed by atoms with Crippen molar-refractivity contribution in [2.45, 2.75) is 19.3 Å². The van der Waals surface area contributed by atoms with Crippen molar-refractivity contribution in [2.75, 3.05) is 13.2 Å². The standard InChI is InChI=1S/C16H17NO2S/c18-16(15-5-2-10-20-15)17-8-9-19-14-7-6-12-3-1-4-13(12)11-14/h2,5-7,10-11H,1,3-4,8-9H2,(H,17,18). The highest BCUT2D eigenvalue weighted by molar-refractivity contribution is 7.12. The van der Waals surface area contributed by atoms with Gasteiger partial charge in [0.2, 0.25) is 0 Å². The second kappa shape index (κ2) is 6.09. The molecule has 4 heteroatoms. The molecule has 3 rings (SSSR count). The molecule has 104 valence electrons. The van der Waals surface area contributed by atoms with Crippen LogP contribution in [-0.4, -0.2) is 19.1 Å². The van der Waals surface area contributed by atoms with Crippen LogP contribution in [0.1, 0.15) is 27.2 Å². The molecule has 1 aliphatic carbocycles. The van der Waals surface area contributed by atoms with E-state index in [9.17, 15) is 4.79 Å². The molecule has 0 unspecified atom stereocenters. The van der Waals surface area contributed by atoms with Crippen LogP contribution in [0.15, 0.2) is 35.7 Å². The summed E-state index contributed by atoms with van der Waals surface area (Å²) in [7, 11) is 0. The maximum Gasteiger partial charge on any atom is 0.261 e. The number of carbonyl (C=O) groups is 1. The zero-order valence-corrected chi connectivity index (χ0v) is 12.0. The highest BCUT2D eigenvalue weighted by atomic mass is 32.1. The molecule has 0 radical (unpaired) electrons. The number of thiophene rings is 1. The first-order valence-electron chi connectivity index (χ1n) is 6.89. The largest absolute Gasteiger partial charge is 0.492 e. The highest BCUT2D eigenvalue weighted by Crippen LogP contribution is 2.25. The fraction of sp³-hybridized carbons (Fsp3) is 0.312. The van der Waals surface area contributed by atoms with Crippen molar-refractivity contribution in [1.82, 2.24) is 5.32 Å². The molecule has 1 aliphatic rings. The second-order valence-corrected chi connectivity index (χ2v) is 5.81. The summed E-state index contributed by atoms with van der Waals surface area (Å²) in [6.07, 6.45) is 3.59. The number of nitrogens with one attached hydrogen (secondary N) is 1. The van der Waals surface area contributed by atoms with Gasteiger partial charge in [-0.15, -0.1) is 11.3 Å². The van der Waals surface area contributed by atoms with Crippen molar-refractivity contribution in [3.8, 4) is 5.75 Å². The van der Waals surface area contributed by atoms with E-state index >= 15 is 0 Å². The average Bonchev–Trinajstić information content (AvgIpc) is 3.13. The van der Waals surface area contributed by atoms with Gasteiger partial charge in [-0.25, -0.2) is 0 Å². The molecule has 1 amide bonds. The van der Waals surface area contributed by atoms with E-state index in [-0.39, 0.29) is 5.91 Å². The van der Waals surface area contributed by atoms with Crippen LogP contribution in [0.5, 0.6) is 5.75 Å². The number of amides is 1. The number of hydrogen-bond donors (Lipinski definition) is 1. The Morgan fingerprint density at radius 3 is 3.00 bits per heavy atom. The Labute approximate surface area is 122 Å². The number of hydrogen-bond acceptors (Lipinski definition) is 3. The number of fused-ring (bicyclic) bond motifs is 1. The van der Waals surface area contributed by atoms with Crippen LogP contribution in [-0.2, 0) is 12.8 Å². The first-order valence-corrected chi connectivity index (χ1v) is 7.77. The van der Waals surface area contributed by atoms with Gasteiger partial charge in [-0.05, 0) is 54.0 Å². The molecular weight excluding hydrogens is 270 g/mol. The van der Waals surface area contributed by atoms with Gasteiger partial charge < -0.3 is 10.1 Å². The number of aryl methyl sites for hydroxylation is 2. The van der Waals surface area contributed by atoms with E-state index in [2.05, 4.69) is 17.4 Å². The summed E-state index contributed by atoms with van der Waals surface area (Å²) < 4.78 is 5.69. The Balaban J connectivity index is 1.45. The molecule has 0 atom stereocenters. The van der Waals surface area contributed by atoms with Crippen molar-refractivity contribution in [2.24, 2.45) is 0 Å². The van der Waals surface area contributed by atoms with Crippen LogP contribution in [0.3, 0.4) is 0 Å². The van der Waals surface area contributed by atoms with Crippen molar-refractivity contribution >= 4 is 17.2 Å². The Morgan fingerprint density at radius 2 is 2.15 bits per heavy atom. The quantitative estimate of drug-likeness (QED) is 0.858. The predicted octanol–water partition coefficient (Wildman–Crippen LogP) is 3.05. The van der Waals surface area contributed by atoms with Gasteiger partial charge in [-0.3, -0.25) is 4.79 Å². The molecule has 1 N–H and O–H groups in total. The van der Waals surface area contributed by atoms with Gasteiger partial charge in [0.1, 0.15) is 12.4 Å². The van der Waals surface area contributed by atoms with Gasteiger partial charge >= 0.3 is 0 Å². The van der Waals surface area contributed by atoms with Crippen LogP contribution in [0, 0.1) is 0 Å². The van der Waals surface area contributed by atoms with Gasteiger partial charge in [0.15, 0.2) is 0 Å². The van der Waals surface area contributed by atoms with Gasteiger partial charge in [-0.1, -0.05) is 12.1 Å². The third kappa shape index (κ3) is 3.02. The molecule has 0 saturated heterocycles. The third-order valence-corrected chi connectivity index (χ3v) is 4.34. The molecule has 0 bridgehead atoms. The summed E-state index contributed by atoms with van der Waals surface area (Å²) in [5, 5.41) is 4.75. The predicted molar refractivity (Wildman–Crippen MR) is 80.6 cm³/mol. The highest BCUT2D eigenvalue weighted by Gasteiger charge is 2.11. The van der Waals surface area contributed by atoms with Crippen molar-refractivity contribution in [1.29, 1.82) is 0 Å². The lowest BCUT2D eigenvalue weighted by Gasteiger charge is -2.08.